The van der Waals surface area contributed by atoms with Crippen molar-refractivity contribution in [2.24, 2.45) is 11.8 Å². The lowest BCUT2D eigenvalue weighted by molar-refractivity contribution is 0.112. The molecule has 0 saturated carbocycles. The third kappa shape index (κ3) is 3.31. The zero-order valence-electron chi connectivity index (χ0n) is 9.49. The van der Waals surface area contributed by atoms with E-state index in [2.05, 4.69) is 27.7 Å². The van der Waals surface area contributed by atoms with E-state index >= 15 is 0 Å². The lowest BCUT2D eigenvalue weighted by Gasteiger charge is -2.25. The van der Waals surface area contributed by atoms with Gasteiger partial charge in [-0.15, -0.1) is 0 Å². The molecule has 1 heterocycles. The zero-order valence-corrected chi connectivity index (χ0v) is 10.9. The molecule has 0 N–H and O–H groups in total. The van der Waals surface area contributed by atoms with Crippen LogP contribution in [0, 0.1) is 11.8 Å². The average Bonchev–Trinajstić information content (AvgIpc) is 2.55. The van der Waals surface area contributed by atoms with Gasteiger partial charge in [-0.1, -0.05) is 27.7 Å². The van der Waals surface area contributed by atoms with Crippen LogP contribution < -0.4 is 5.38 Å². The predicted molar refractivity (Wildman–Crippen MR) is 61.4 cm³/mol. The van der Waals surface area contributed by atoms with Gasteiger partial charge in [0.2, 0.25) is 9.76 Å². The molecule has 0 radical (unpaired) electrons. The van der Waals surface area contributed by atoms with Crippen molar-refractivity contribution < 1.29 is 8.84 Å². The van der Waals surface area contributed by atoms with E-state index in [9.17, 15) is 0 Å². The minimum atomic E-state index is -0.669. The fraction of sp³-hybridized carbons (Fsp3) is 0.636. The van der Waals surface area contributed by atoms with Gasteiger partial charge in [0.15, 0.2) is 0 Å². The SMILES string of the molecule is CC(C)C(O[SiH2]c1ccco1)C(C)C. The third-order valence-corrected chi connectivity index (χ3v) is 3.55. The molecule has 1 rings (SSSR count). The number of hydrogen-bond donors (Lipinski definition) is 0. The lowest BCUT2D eigenvalue weighted by atomic mass is 9.97. The standard InChI is InChI=1S/C11H20O2Si/c1-8(2)11(9(3)4)13-14-10-6-5-7-12-10/h5-9,11H,14H2,1-4H3. The summed E-state index contributed by atoms with van der Waals surface area (Å²) in [6, 6.07) is 3.93. The molecular formula is C11H20O2Si. The smallest absolute Gasteiger partial charge is 0.234 e. The van der Waals surface area contributed by atoms with E-state index in [4.69, 9.17) is 8.84 Å². The maximum absolute atomic E-state index is 5.95. The molecule has 0 amide bonds. The fourth-order valence-corrected chi connectivity index (χ4v) is 3.25. The molecular weight excluding hydrogens is 192 g/mol. The van der Waals surface area contributed by atoms with Crippen LogP contribution in [0.4, 0.5) is 0 Å². The maximum Gasteiger partial charge on any atom is 0.234 e. The summed E-state index contributed by atoms with van der Waals surface area (Å²) < 4.78 is 11.2. The molecule has 1 aromatic rings. The number of furan rings is 1. The summed E-state index contributed by atoms with van der Waals surface area (Å²) in [7, 11) is -0.669. The topological polar surface area (TPSA) is 22.4 Å². The monoisotopic (exact) mass is 212 g/mol. The summed E-state index contributed by atoms with van der Waals surface area (Å²) in [6.07, 6.45) is 2.08. The molecule has 14 heavy (non-hydrogen) atoms. The van der Waals surface area contributed by atoms with Crippen LogP contribution in [-0.4, -0.2) is 15.9 Å². The van der Waals surface area contributed by atoms with Crippen LogP contribution in [0.1, 0.15) is 27.7 Å². The van der Waals surface area contributed by atoms with E-state index < -0.39 is 9.76 Å². The molecule has 0 aliphatic heterocycles. The summed E-state index contributed by atoms with van der Waals surface area (Å²) in [5, 5.41) is 1.04. The largest absolute Gasteiger partial charge is 0.472 e. The van der Waals surface area contributed by atoms with Crippen LogP contribution in [0.25, 0.3) is 0 Å². The molecule has 0 aromatic carbocycles. The lowest BCUT2D eigenvalue weighted by Crippen LogP contribution is -2.31. The Morgan fingerprint density at radius 2 is 1.86 bits per heavy atom. The van der Waals surface area contributed by atoms with Crippen molar-refractivity contribution in [2.45, 2.75) is 33.8 Å². The third-order valence-electron chi connectivity index (χ3n) is 2.31. The van der Waals surface area contributed by atoms with E-state index in [1.807, 2.05) is 12.1 Å². The second-order valence-corrected chi connectivity index (χ2v) is 5.66. The van der Waals surface area contributed by atoms with E-state index in [-0.39, 0.29) is 0 Å². The molecule has 0 fully saturated rings. The molecule has 80 valence electrons. The van der Waals surface area contributed by atoms with Crippen LogP contribution in [0.15, 0.2) is 22.8 Å². The maximum atomic E-state index is 5.95. The van der Waals surface area contributed by atoms with E-state index in [0.29, 0.717) is 17.9 Å². The molecule has 0 bridgehead atoms. The van der Waals surface area contributed by atoms with Gasteiger partial charge >= 0.3 is 0 Å². The van der Waals surface area contributed by atoms with Crippen molar-refractivity contribution >= 4 is 15.1 Å². The molecule has 0 saturated heterocycles. The number of hydrogen-bond acceptors (Lipinski definition) is 2. The molecule has 0 spiro atoms. The molecule has 1 aromatic heterocycles. The highest BCUT2D eigenvalue weighted by molar-refractivity contribution is 6.45. The minimum Gasteiger partial charge on any atom is -0.472 e. The van der Waals surface area contributed by atoms with Crippen LogP contribution in [0.5, 0.6) is 0 Å². The van der Waals surface area contributed by atoms with E-state index in [0.717, 1.165) is 5.38 Å². The van der Waals surface area contributed by atoms with Gasteiger partial charge in [-0.2, -0.15) is 0 Å². The highest BCUT2D eigenvalue weighted by atomic mass is 28.2. The Hall–Kier alpha value is -0.543. The first-order valence-corrected chi connectivity index (χ1v) is 6.53. The van der Waals surface area contributed by atoms with E-state index in [1.165, 1.54) is 0 Å². The Kier molecular flexibility index (Phi) is 4.42. The Balaban J connectivity index is 2.41. The predicted octanol–water partition coefficient (Wildman–Crippen LogP) is 1.69. The Morgan fingerprint density at radius 3 is 2.29 bits per heavy atom. The van der Waals surface area contributed by atoms with Gasteiger partial charge in [0.25, 0.3) is 0 Å². The quantitative estimate of drug-likeness (QED) is 0.693. The Labute approximate surface area is 88.6 Å². The molecule has 0 unspecified atom stereocenters. The minimum absolute atomic E-state index is 0.367. The van der Waals surface area contributed by atoms with Crippen molar-refractivity contribution in [1.82, 2.24) is 0 Å². The summed E-state index contributed by atoms with van der Waals surface area (Å²) in [5.41, 5.74) is 0. The molecule has 2 nitrogen and oxygen atoms in total. The van der Waals surface area contributed by atoms with Crippen molar-refractivity contribution in [3.63, 3.8) is 0 Å². The van der Waals surface area contributed by atoms with Gasteiger partial charge in [-0.3, -0.25) is 0 Å². The first kappa shape index (κ1) is 11.5. The second kappa shape index (κ2) is 5.37. The first-order chi connectivity index (χ1) is 6.61. The fourth-order valence-electron chi connectivity index (χ4n) is 1.73. The van der Waals surface area contributed by atoms with Gasteiger partial charge in [0.05, 0.1) is 6.26 Å². The zero-order chi connectivity index (χ0) is 10.6. The van der Waals surface area contributed by atoms with Gasteiger partial charge in [-0.25, -0.2) is 0 Å². The Morgan fingerprint density at radius 1 is 1.21 bits per heavy atom. The number of rotatable bonds is 5. The average molecular weight is 212 g/mol. The highest BCUT2D eigenvalue weighted by Crippen LogP contribution is 2.15. The molecule has 0 aliphatic rings. The van der Waals surface area contributed by atoms with Crippen molar-refractivity contribution in [3.05, 3.63) is 18.4 Å². The molecule has 0 atom stereocenters. The van der Waals surface area contributed by atoms with Crippen molar-refractivity contribution in [1.29, 1.82) is 0 Å². The van der Waals surface area contributed by atoms with Crippen molar-refractivity contribution in [2.75, 3.05) is 0 Å². The second-order valence-electron chi connectivity index (χ2n) is 4.34. The van der Waals surface area contributed by atoms with Crippen LogP contribution in [-0.2, 0) is 4.43 Å². The van der Waals surface area contributed by atoms with Gasteiger partial charge in [0, 0.05) is 6.10 Å². The highest BCUT2D eigenvalue weighted by Gasteiger charge is 2.18. The normalized spacial score (nSPS) is 12.8. The van der Waals surface area contributed by atoms with Gasteiger partial charge in [-0.05, 0) is 24.0 Å². The van der Waals surface area contributed by atoms with E-state index in [1.54, 1.807) is 6.26 Å². The summed E-state index contributed by atoms with van der Waals surface area (Å²) >= 11 is 0. The van der Waals surface area contributed by atoms with Gasteiger partial charge in [0.1, 0.15) is 5.38 Å². The first-order valence-electron chi connectivity index (χ1n) is 5.25. The van der Waals surface area contributed by atoms with Crippen molar-refractivity contribution in [3.8, 4) is 0 Å². The van der Waals surface area contributed by atoms with Crippen LogP contribution in [0.2, 0.25) is 0 Å². The van der Waals surface area contributed by atoms with Crippen LogP contribution >= 0.6 is 0 Å². The summed E-state index contributed by atoms with van der Waals surface area (Å²) in [5.74, 6) is 1.16. The molecule has 3 heteroatoms. The summed E-state index contributed by atoms with van der Waals surface area (Å²) in [4.78, 5) is 0. The summed E-state index contributed by atoms with van der Waals surface area (Å²) in [6.45, 7) is 8.84. The van der Waals surface area contributed by atoms with Gasteiger partial charge < -0.3 is 8.84 Å². The van der Waals surface area contributed by atoms with Crippen LogP contribution in [0.3, 0.4) is 0 Å². The molecule has 0 aliphatic carbocycles. The Bertz CT molecular complexity index is 234.